The second kappa shape index (κ2) is 4.85. The first-order valence-electron chi connectivity index (χ1n) is 6.10. The first-order chi connectivity index (χ1) is 9.24. The Hall–Kier alpha value is -2.15. The summed E-state index contributed by atoms with van der Waals surface area (Å²) in [6, 6.07) is 3.49. The lowest BCUT2D eigenvalue weighted by Gasteiger charge is -2.35. The summed E-state index contributed by atoms with van der Waals surface area (Å²) in [5, 5.41) is 13.0. The zero-order chi connectivity index (χ0) is 13.2. The van der Waals surface area contributed by atoms with Crippen LogP contribution in [0.5, 0.6) is 0 Å². The SMILES string of the molecule is O=C(O)CC1COCCN1c1ccn2nccc2n1. The first kappa shape index (κ1) is 11.9. The summed E-state index contributed by atoms with van der Waals surface area (Å²) in [5.41, 5.74) is 0.748. The molecule has 3 rings (SSSR count). The lowest BCUT2D eigenvalue weighted by molar-refractivity contribution is -0.138. The Morgan fingerprint density at radius 2 is 2.42 bits per heavy atom. The fourth-order valence-corrected chi connectivity index (χ4v) is 2.29. The Kier molecular flexibility index (Phi) is 3.04. The van der Waals surface area contributed by atoms with E-state index in [1.165, 1.54) is 0 Å². The van der Waals surface area contributed by atoms with Crippen LogP contribution in [-0.4, -0.2) is 51.5 Å². The van der Waals surface area contributed by atoms with Crippen LogP contribution >= 0.6 is 0 Å². The highest BCUT2D eigenvalue weighted by Gasteiger charge is 2.26. The van der Waals surface area contributed by atoms with E-state index in [0.29, 0.717) is 19.8 Å². The molecular formula is C12H14N4O3. The maximum absolute atomic E-state index is 10.9. The Morgan fingerprint density at radius 3 is 3.26 bits per heavy atom. The number of carboxylic acids is 1. The van der Waals surface area contributed by atoms with Gasteiger partial charge in [-0.2, -0.15) is 5.10 Å². The van der Waals surface area contributed by atoms with E-state index in [0.717, 1.165) is 11.5 Å². The number of carbonyl (C=O) groups is 1. The molecule has 1 saturated heterocycles. The van der Waals surface area contributed by atoms with Gasteiger partial charge in [0.05, 0.1) is 31.9 Å². The molecule has 1 N–H and O–H groups in total. The van der Waals surface area contributed by atoms with Crippen molar-refractivity contribution < 1.29 is 14.6 Å². The molecule has 0 radical (unpaired) electrons. The third-order valence-electron chi connectivity index (χ3n) is 3.18. The molecule has 3 heterocycles. The Morgan fingerprint density at radius 1 is 1.53 bits per heavy atom. The van der Waals surface area contributed by atoms with Gasteiger partial charge in [0.15, 0.2) is 5.65 Å². The Balaban J connectivity index is 1.90. The summed E-state index contributed by atoms with van der Waals surface area (Å²) in [4.78, 5) is 17.4. The molecule has 1 aliphatic heterocycles. The fraction of sp³-hybridized carbons (Fsp3) is 0.417. The van der Waals surface area contributed by atoms with Crippen LogP contribution in [0.15, 0.2) is 24.5 Å². The molecule has 2 aromatic rings. The number of aromatic nitrogens is 3. The quantitative estimate of drug-likeness (QED) is 0.863. The first-order valence-corrected chi connectivity index (χ1v) is 6.10. The number of nitrogens with zero attached hydrogens (tertiary/aromatic N) is 4. The molecule has 0 aromatic carbocycles. The van der Waals surface area contributed by atoms with Crippen molar-refractivity contribution in [3.05, 3.63) is 24.5 Å². The average molecular weight is 262 g/mol. The number of rotatable bonds is 3. The highest BCUT2D eigenvalue weighted by Crippen LogP contribution is 2.19. The second-order valence-corrected chi connectivity index (χ2v) is 4.44. The fourth-order valence-electron chi connectivity index (χ4n) is 2.29. The summed E-state index contributed by atoms with van der Waals surface area (Å²) < 4.78 is 7.03. The summed E-state index contributed by atoms with van der Waals surface area (Å²) >= 11 is 0. The van der Waals surface area contributed by atoms with E-state index < -0.39 is 5.97 Å². The van der Waals surface area contributed by atoms with Crippen LogP contribution in [0.2, 0.25) is 0 Å². The number of ether oxygens (including phenoxy) is 1. The smallest absolute Gasteiger partial charge is 0.305 e. The van der Waals surface area contributed by atoms with E-state index in [9.17, 15) is 4.79 Å². The van der Waals surface area contributed by atoms with Crippen molar-refractivity contribution in [3.8, 4) is 0 Å². The predicted octanol–water partition coefficient (Wildman–Crippen LogP) is 0.409. The largest absolute Gasteiger partial charge is 0.481 e. The van der Waals surface area contributed by atoms with E-state index in [4.69, 9.17) is 9.84 Å². The zero-order valence-corrected chi connectivity index (χ0v) is 10.3. The van der Waals surface area contributed by atoms with E-state index in [2.05, 4.69) is 10.1 Å². The number of anilines is 1. The minimum absolute atomic E-state index is 0.0477. The minimum Gasteiger partial charge on any atom is -0.481 e. The van der Waals surface area contributed by atoms with Gasteiger partial charge in [-0.1, -0.05) is 0 Å². The van der Waals surface area contributed by atoms with Crippen molar-refractivity contribution in [2.24, 2.45) is 0 Å². The van der Waals surface area contributed by atoms with Crippen molar-refractivity contribution in [1.82, 2.24) is 14.6 Å². The van der Waals surface area contributed by atoms with Gasteiger partial charge in [-0.3, -0.25) is 4.79 Å². The van der Waals surface area contributed by atoms with Crippen LogP contribution in [0.25, 0.3) is 5.65 Å². The molecule has 19 heavy (non-hydrogen) atoms. The molecule has 0 aliphatic carbocycles. The van der Waals surface area contributed by atoms with Crippen molar-refractivity contribution >= 4 is 17.4 Å². The average Bonchev–Trinajstić information content (AvgIpc) is 2.86. The number of hydrogen-bond donors (Lipinski definition) is 1. The molecular weight excluding hydrogens is 248 g/mol. The van der Waals surface area contributed by atoms with Crippen LogP contribution in [0.4, 0.5) is 5.82 Å². The van der Waals surface area contributed by atoms with Gasteiger partial charge in [-0.15, -0.1) is 0 Å². The van der Waals surface area contributed by atoms with E-state index in [1.807, 2.05) is 23.2 Å². The van der Waals surface area contributed by atoms with Gasteiger partial charge in [0, 0.05) is 18.8 Å². The molecule has 1 aliphatic rings. The minimum atomic E-state index is -0.828. The van der Waals surface area contributed by atoms with Gasteiger partial charge in [0.2, 0.25) is 0 Å². The van der Waals surface area contributed by atoms with E-state index in [1.54, 1.807) is 10.7 Å². The van der Waals surface area contributed by atoms with E-state index in [-0.39, 0.29) is 12.5 Å². The molecule has 0 bridgehead atoms. The van der Waals surface area contributed by atoms with Gasteiger partial charge in [0.25, 0.3) is 0 Å². The topological polar surface area (TPSA) is 80.0 Å². The van der Waals surface area contributed by atoms with Crippen molar-refractivity contribution in [3.63, 3.8) is 0 Å². The van der Waals surface area contributed by atoms with Crippen LogP contribution < -0.4 is 4.90 Å². The standard InChI is InChI=1S/C12H14N4O3/c17-12(18)7-9-8-19-6-5-15(9)10-2-4-16-11(14-10)1-3-13-16/h1-4,9H,5-8H2,(H,17,18). The Labute approximate surface area is 109 Å². The van der Waals surface area contributed by atoms with Crippen LogP contribution in [-0.2, 0) is 9.53 Å². The molecule has 7 nitrogen and oxygen atoms in total. The van der Waals surface area contributed by atoms with Crippen LogP contribution in [0.1, 0.15) is 6.42 Å². The molecule has 2 aromatic heterocycles. The zero-order valence-electron chi connectivity index (χ0n) is 10.3. The van der Waals surface area contributed by atoms with Gasteiger partial charge in [0.1, 0.15) is 5.82 Å². The van der Waals surface area contributed by atoms with Crippen LogP contribution in [0, 0.1) is 0 Å². The number of hydrogen-bond acceptors (Lipinski definition) is 5. The number of aliphatic carboxylic acids is 1. The third-order valence-corrected chi connectivity index (χ3v) is 3.18. The summed E-state index contributed by atoms with van der Waals surface area (Å²) in [6.07, 6.45) is 3.55. The van der Waals surface area contributed by atoms with Gasteiger partial charge < -0.3 is 14.7 Å². The maximum atomic E-state index is 10.9. The van der Waals surface area contributed by atoms with Crippen molar-refractivity contribution in [1.29, 1.82) is 0 Å². The molecule has 0 saturated carbocycles. The molecule has 0 amide bonds. The molecule has 100 valence electrons. The normalized spacial score (nSPS) is 19.8. The van der Waals surface area contributed by atoms with Gasteiger partial charge in [-0.05, 0) is 6.07 Å². The molecule has 0 spiro atoms. The summed E-state index contributed by atoms with van der Waals surface area (Å²) in [6.45, 7) is 1.65. The highest BCUT2D eigenvalue weighted by atomic mass is 16.5. The number of fused-ring (bicyclic) bond motifs is 1. The van der Waals surface area contributed by atoms with Crippen molar-refractivity contribution in [2.75, 3.05) is 24.7 Å². The van der Waals surface area contributed by atoms with Gasteiger partial charge >= 0.3 is 5.97 Å². The van der Waals surface area contributed by atoms with Gasteiger partial charge in [-0.25, -0.2) is 9.50 Å². The van der Waals surface area contributed by atoms with Crippen molar-refractivity contribution in [2.45, 2.75) is 12.5 Å². The third kappa shape index (κ3) is 2.37. The molecule has 1 atom stereocenters. The summed E-state index contributed by atoms with van der Waals surface area (Å²) in [5.74, 6) is -0.0616. The molecule has 7 heteroatoms. The molecule has 1 fully saturated rings. The lowest BCUT2D eigenvalue weighted by Crippen LogP contribution is -2.47. The monoisotopic (exact) mass is 262 g/mol. The molecule has 1 unspecified atom stereocenters. The number of carboxylic acid groups (broad SMARTS) is 1. The number of morpholine rings is 1. The lowest BCUT2D eigenvalue weighted by atomic mass is 10.1. The Bertz CT molecular complexity index is 597. The summed E-state index contributed by atoms with van der Waals surface area (Å²) in [7, 11) is 0. The maximum Gasteiger partial charge on any atom is 0.305 e. The second-order valence-electron chi connectivity index (χ2n) is 4.44. The van der Waals surface area contributed by atoms with E-state index >= 15 is 0 Å². The highest BCUT2D eigenvalue weighted by molar-refractivity contribution is 5.68. The van der Waals surface area contributed by atoms with Crippen LogP contribution in [0.3, 0.4) is 0 Å². The predicted molar refractivity (Wildman–Crippen MR) is 67.2 cm³/mol.